The Morgan fingerprint density at radius 2 is 2.00 bits per heavy atom. The van der Waals surface area contributed by atoms with Crippen LogP contribution in [-0.4, -0.2) is 35.7 Å². The molecule has 2 heterocycles. The number of benzene rings is 1. The van der Waals surface area contributed by atoms with Crippen molar-refractivity contribution >= 4 is 22.5 Å². The summed E-state index contributed by atoms with van der Waals surface area (Å²) in [5, 5.41) is 11.9. The van der Waals surface area contributed by atoms with Crippen LogP contribution in [0.5, 0.6) is 11.5 Å². The second kappa shape index (κ2) is 5.04. The highest BCUT2D eigenvalue weighted by Crippen LogP contribution is 2.37. The van der Waals surface area contributed by atoms with E-state index in [0.717, 1.165) is 27.3 Å². The van der Waals surface area contributed by atoms with Crippen LogP contribution in [0, 0.1) is 0 Å². The topological polar surface area (TPSA) is 51.6 Å². The molecule has 0 radical (unpaired) electrons. The first kappa shape index (κ1) is 11.6. The number of nitrogens with zero attached hydrogens (tertiary/aromatic N) is 1. The molecule has 3 rings (SSSR count). The first-order chi connectivity index (χ1) is 8.88. The van der Waals surface area contributed by atoms with Crippen LogP contribution >= 0.6 is 11.8 Å². The Kier molecular flexibility index (Phi) is 3.25. The van der Waals surface area contributed by atoms with Crippen molar-refractivity contribution in [3.63, 3.8) is 0 Å². The van der Waals surface area contributed by atoms with E-state index in [4.69, 9.17) is 14.6 Å². The van der Waals surface area contributed by atoms with Gasteiger partial charge >= 0.3 is 0 Å². The fraction of sp³-hybridized carbons (Fsp3) is 0.308. The molecule has 0 atom stereocenters. The van der Waals surface area contributed by atoms with Crippen molar-refractivity contribution in [1.82, 2.24) is 4.98 Å². The molecule has 0 bridgehead atoms. The van der Waals surface area contributed by atoms with Gasteiger partial charge in [-0.2, -0.15) is 0 Å². The van der Waals surface area contributed by atoms with Gasteiger partial charge in [-0.25, -0.2) is 4.98 Å². The van der Waals surface area contributed by atoms with E-state index in [0.29, 0.717) is 19.0 Å². The summed E-state index contributed by atoms with van der Waals surface area (Å²) in [6.45, 7) is 1.32. The van der Waals surface area contributed by atoms with Gasteiger partial charge in [0.2, 0.25) is 0 Å². The van der Waals surface area contributed by atoms with E-state index in [-0.39, 0.29) is 6.61 Å². The van der Waals surface area contributed by atoms with E-state index in [1.807, 2.05) is 18.2 Å². The molecule has 1 N–H and O–H groups in total. The fourth-order valence-electron chi connectivity index (χ4n) is 1.94. The third kappa shape index (κ3) is 2.11. The molecular weight excluding hydrogens is 250 g/mol. The zero-order valence-electron chi connectivity index (χ0n) is 9.76. The molecular formula is C13H13NO3S. The van der Waals surface area contributed by atoms with Crippen molar-refractivity contribution in [1.29, 1.82) is 0 Å². The number of fused-ring (bicyclic) bond motifs is 2. The van der Waals surface area contributed by atoms with Gasteiger partial charge in [0.15, 0.2) is 11.5 Å². The Morgan fingerprint density at radius 1 is 1.22 bits per heavy atom. The van der Waals surface area contributed by atoms with Gasteiger partial charge < -0.3 is 14.6 Å². The number of hydrogen-bond donors (Lipinski definition) is 1. The summed E-state index contributed by atoms with van der Waals surface area (Å²) < 4.78 is 11.1. The summed E-state index contributed by atoms with van der Waals surface area (Å²) in [6.07, 6.45) is 1.78. The lowest BCUT2D eigenvalue weighted by Crippen LogP contribution is -2.15. The average molecular weight is 263 g/mol. The van der Waals surface area contributed by atoms with Crippen molar-refractivity contribution in [3.8, 4) is 11.5 Å². The lowest BCUT2D eigenvalue weighted by molar-refractivity contribution is 0.172. The van der Waals surface area contributed by atoms with Crippen LogP contribution in [0.4, 0.5) is 0 Å². The number of rotatable bonds is 3. The van der Waals surface area contributed by atoms with Gasteiger partial charge in [0, 0.05) is 17.3 Å². The third-order valence-corrected chi connectivity index (χ3v) is 3.71. The molecule has 0 saturated heterocycles. The molecule has 2 aromatic rings. The standard InChI is InChI=1S/C13H13NO3S/c15-3-6-18-13-10-8-12-11(16-4-5-17-12)7-9(10)1-2-14-13/h1-2,7-8,15H,3-6H2. The van der Waals surface area contributed by atoms with Gasteiger partial charge in [0.1, 0.15) is 18.2 Å². The lowest BCUT2D eigenvalue weighted by Gasteiger charge is -2.19. The van der Waals surface area contributed by atoms with Crippen LogP contribution in [0.1, 0.15) is 0 Å². The highest BCUT2D eigenvalue weighted by atomic mass is 32.2. The van der Waals surface area contributed by atoms with Crippen molar-refractivity contribution in [3.05, 3.63) is 24.4 Å². The molecule has 0 fully saturated rings. The Bertz CT molecular complexity index is 573. The van der Waals surface area contributed by atoms with E-state index in [9.17, 15) is 0 Å². The summed E-state index contributed by atoms with van der Waals surface area (Å²) in [7, 11) is 0. The average Bonchev–Trinajstić information content (AvgIpc) is 2.43. The van der Waals surface area contributed by atoms with Crippen LogP contribution in [0.25, 0.3) is 10.8 Å². The first-order valence-electron chi connectivity index (χ1n) is 5.80. The molecule has 0 saturated carbocycles. The monoisotopic (exact) mass is 263 g/mol. The fourth-order valence-corrected chi connectivity index (χ4v) is 2.69. The molecule has 1 aliphatic rings. The van der Waals surface area contributed by atoms with E-state index in [1.165, 1.54) is 0 Å². The maximum absolute atomic E-state index is 8.90. The number of pyridine rings is 1. The number of aliphatic hydroxyl groups is 1. The predicted octanol–water partition coefficient (Wildman–Crippen LogP) is 2.09. The molecule has 18 heavy (non-hydrogen) atoms. The van der Waals surface area contributed by atoms with Gasteiger partial charge in [0.05, 0.1) is 6.61 Å². The zero-order valence-corrected chi connectivity index (χ0v) is 10.6. The van der Waals surface area contributed by atoms with E-state index in [2.05, 4.69) is 4.98 Å². The van der Waals surface area contributed by atoms with Crippen molar-refractivity contribution < 1.29 is 14.6 Å². The molecule has 1 aliphatic heterocycles. The number of aromatic nitrogens is 1. The largest absolute Gasteiger partial charge is 0.486 e. The molecule has 5 heteroatoms. The van der Waals surface area contributed by atoms with Crippen LogP contribution < -0.4 is 9.47 Å². The molecule has 1 aromatic carbocycles. The predicted molar refractivity (Wildman–Crippen MR) is 70.5 cm³/mol. The van der Waals surface area contributed by atoms with Crippen LogP contribution in [0.3, 0.4) is 0 Å². The summed E-state index contributed by atoms with van der Waals surface area (Å²) in [5.74, 6) is 2.20. The highest BCUT2D eigenvalue weighted by molar-refractivity contribution is 7.99. The molecule has 94 valence electrons. The Hall–Kier alpha value is -1.46. The van der Waals surface area contributed by atoms with Crippen molar-refractivity contribution in [2.45, 2.75) is 5.03 Å². The Morgan fingerprint density at radius 3 is 2.78 bits per heavy atom. The summed E-state index contributed by atoms with van der Waals surface area (Å²) >= 11 is 1.54. The molecule has 0 unspecified atom stereocenters. The second-order valence-corrected chi connectivity index (χ2v) is 4.99. The molecule has 0 amide bonds. The number of thioether (sulfide) groups is 1. The Labute approximate surface area is 109 Å². The second-order valence-electron chi connectivity index (χ2n) is 3.91. The molecule has 0 spiro atoms. The maximum atomic E-state index is 8.90. The van der Waals surface area contributed by atoms with Gasteiger partial charge in [-0.15, -0.1) is 11.8 Å². The van der Waals surface area contributed by atoms with E-state index < -0.39 is 0 Å². The third-order valence-electron chi connectivity index (χ3n) is 2.72. The smallest absolute Gasteiger partial charge is 0.162 e. The van der Waals surface area contributed by atoms with Gasteiger partial charge in [-0.05, 0) is 23.6 Å². The lowest BCUT2D eigenvalue weighted by atomic mass is 10.1. The maximum Gasteiger partial charge on any atom is 0.162 e. The van der Waals surface area contributed by atoms with Crippen molar-refractivity contribution in [2.24, 2.45) is 0 Å². The molecule has 4 nitrogen and oxygen atoms in total. The SMILES string of the molecule is OCCSc1nccc2cc3c(cc12)OCCO3. The highest BCUT2D eigenvalue weighted by Gasteiger charge is 2.14. The van der Waals surface area contributed by atoms with Gasteiger partial charge in [0.25, 0.3) is 0 Å². The summed E-state index contributed by atoms with van der Waals surface area (Å²) in [4.78, 5) is 4.35. The minimum Gasteiger partial charge on any atom is -0.486 e. The number of hydrogen-bond acceptors (Lipinski definition) is 5. The van der Waals surface area contributed by atoms with Gasteiger partial charge in [-0.3, -0.25) is 0 Å². The summed E-state index contributed by atoms with van der Waals surface area (Å²) in [5.41, 5.74) is 0. The van der Waals surface area contributed by atoms with E-state index >= 15 is 0 Å². The quantitative estimate of drug-likeness (QED) is 0.859. The number of ether oxygens (including phenoxy) is 2. The normalized spacial score (nSPS) is 13.8. The number of aliphatic hydroxyl groups excluding tert-OH is 1. The van der Waals surface area contributed by atoms with E-state index in [1.54, 1.807) is 18.0 Å². The minimum absolute atomic E-state index is 0.146. The van der Waals surface area contributed by atoms with Crippen LogP contribution in [0.2, 0.25) is 0 Å². The molecule has 0 aliphatic carbocycles. The summed E-state index contributed by atoms with van der Waals surface area (Å²) in [6, 6.07) is 5.90. The first-order valence-corrected chi connectivity index (χ1v) is 6.79. The zero-order chi connectivity index (χ0) is 12.4. The molecule has 1 aromatic heterocycles. The Balaban J connectivity index is 2.09. The minimum atomic E-state index is 0.146. The van der Waals surface area contributed by atoms with Crippen molar-refractivity contribution in [2.75, 3.05) is 25.6 Å². The van der Waals surface area contributed by atoms with Crippen LogP contribution in [-0.2, 0) is 0 Å². The van der Waals surface area contributed by atoms with Crippen LogP contribution in [0.15, 0.2) is 29.4 Å². The van der Waals surface area contributed by atoms with Gasteiger partial charge in [-0.1, -0.05) is 0 Å².